The molecule has 1 aromatic carbocycles. The van der Waals surface area contributed by atoms with Crippen molar-refractivity contribution in [3.05, 3.63) is 33.9 Å². The van der Waals surface area contributed by atoms with E-state index in [9.17, 15) is 20.0 Å². The Balaban J connectivity index is 2.36. The minimum Gasteiger partial charge on any atom is -0.480 e. The molecule has 108 valence electrons. The zero-order valence-electron chi connectivity index (χ0n) is 11.6. The first-order valence-electron chi connectivity index (χ1n) is 6.64. The lowest BCUT2D eigenvalue weighted by Gasteiger charge is -2.37. The summed E-state index contributed by atoms with van der Waals surface area (Å²) in [5.41, 5.74) is 1.22. The van der Waals surface area contributed by atoms with Crippen LogP contribution in [-0.2, 0) is 4.79 Å². The van der Waals surface area contributed by atoms with E-state index in [0.29, 0.717) is 30.1 Å². The predicted molar refractivity (Wildman–Crippen MR) is 75.0 cm³/mol. The molecule has 1 N–H and O–H groups in total. The first-order chi connectivity index (χ1) is 9.40. The van der Waals surface area contributed by atoms with Gasteiger partial charge in [-0.2, -0.15) is 0 Å². The van der Waals surface area contributed by atoms with E-state index in [-0.39, 0.29) is 5.69 Å². The second-order valence-electron chi connectivity index (χ2n) is 5.40. The quantitative estimate of drug-likeness (QED) is 0.678. The number of rotatable bonds is 3. The number of benzene rings is 1. The molecule has 0 radical (unpaired) electrons. The van der Waals surface area contributed by atoms with Crippen LogP contribution < -0.4 is 4.90 Å². The summed E-state index contributed by atoms with van der Waals surface area (Å²) in [6.45, 7) is 4.32. The summed E-state index contributed by atoms with van der Waals surface area (Å²) in [7, 11) is 0. The zero-order chi connectivity index (χ0) is 14.9. The standard InChI is InChI=1S/C14H18N2O4/c1-9-5-6-15(13(7-9)14(17)18)11-4-3-10(2)12(8-11)16(19)20/h3-4,8-9,13H,5-7H2,1-2H3,(H,17,18). The van der Waals surface area contributed by atoms with Gasteiger partial charge in [-0.1, -0.05) is 13.0 Å². The summed E-state index contributed by atoms with van der Waals surface area (Å²) in [5.74, 6) is -0.521. The maximum absolute atomic E-state index is 11.4. The van der Waals surface area contributed by atoms with E-state index in [2.05, 4.69) is 0 Å². The van der Waals surface area contributed by atoms with E-state index in [0.717, 1.165) is 6.42 Å². The third kappa shape index (κ3) is 2.74. The molecule has 2 rings (SSSR count). The lowest BCUT2D eigenvalue weighted by molar-refractivity contribution is -0.385. The second-order valence-corrected chi connectivity index (χ2v) is 5.40. The third-order valence-electron chi connectivity index (χ3n) is 3.87. The van der Waals surface area contributed by atoms with Crippen LogP contribution in [0.2, 0.25) is 0 Å². The first-order valence-corrected chi connectivity index (χ1v) is 6.64. The van der Waals surface area contributed by atoms with Gasteiger partial charge in [0.05, 0.1) is 4.92 Å². The van der Waals surface area contributed by atoms with Gasteiger partial charge in [0.2, 0.25) is 0 Å². The Hall–Kier alpha value is -2.11. The number of piperidine rings is 1. The van der Waals surface area contributed by atoms with Gasteiger partial charge in [0.25, 0.3) is 5.69 Å². The van der Waals surface area contributed by atoms with Gasteiger partial charge in [-0.05, 0) is 31.7 Å². The van der Waals surface area contributed by atoms with E-state index in [4.69, 9.17) is 0 Å². The summed E-state index contributed by atoms with van der Waals surface area (Å²) in [4.78, 5) is 23.7. The van der Waals surface area contributed by atoms with E-state index in [1.54, 1.807) is 24.0 Å². The van der Waals surface area contributed by atoms with Crippen molar-refractivity contribution >= 4 is 17.3 Å². The molecule has 1 aromatic rings. The van der Waals surface area contributed by atoms with Gasteiger partial charge >= 0.3 is 5.97 Å². The van der Waals surface area contributed by atoms with Gasteiger partial charge in [0.1, 0.15) is 6.04 Å². The van der Waals surface area contributed by atoms with Crippen molar-refractivity contribution in [3.8, 4) is 0 Å². The number of carbonyl (C=O) groups is 1. The Labute approximate surface area is 117 Å². The molecule has 1 aliphatic heterocycles. The van der Waals surface area contributed by atoms with E-state index in [1.165, 1.54) is 6.07 Å². The Kier molecular flexibility index (Phi) is 3.92. The third-order valence-corrected chi connectivity index (χ3v) is 3.87. The van der Waals surface area contributed by atoms with Gasteiger partial charge in [-0.3, -0.25) is 10.1 Å². The monoisotopic (exact) mass is 278 g/mol. The molecule has 0 aromatic heterocycles. The van der Waals surface area contributed by atoms with Gasteiger partial charge in [-0.15, -0.1) is 0 Å². The lowest BCUT2D eigenvalue weighted by atomic mass is 9.92. The molecule has 6 heteroatoms. The van der Waals surface area contributed by atoms with Crippen molar-refractivity contribution in [2.45, 2.75) is 32.7 Å². The Bertz CT molecular complexity index is 544. The van der Waals surface area contributed by atoms with Crippen molar-refractivity contribution in [2.24, 2.45) is 5.92 Å². The average molecular weight is 278 g/mol. The number of aryl methyl sites for hydroxylation is 1. The van der Waals surface area contributed by atoms with Crippen LogP contribution in [-0.4, -0.2) is 28.6 Å². The van der Waals surface area contributed by atoms with E-state index in [1.807, 2.05) is 6.92 Å². The summed E-state index contributed by atoms with van der Waals surface area (Å²) >= 11 is 0. The number of carboxylic acids is 1. The molecule has 1 heterocycles. The Morgan fingerprint density at radius 1 is 1.50 bits per heavy atom. The van der Waals surface area contributed by atoms with Crippen molar-refractivity contribution < 1.29 is 14.8 Å². The highest BCUT2D eigenvalue weighted by Crippen LogP contribution is 2.31. The molecule has 2 unspecified atom stereocenters. The average Bonchev–Trinajstić information content (AvgIpc) is 2.39. The minimum atomic E-state index is -0.875. The fraction of sp³-hybridized carbons (Fsp3) is 0.500. The maximum atomic E-state index is 11.4. The highest BCUT2D eigenvalue weighted by molar-refractivity contribution is 5.79. The number of aliphatic carboxylic acids is 1. The number of anilines is 1. The highest BCUT2D eigenvalue weighted by atomic mass is 16.6. The zero-order valence-corrected chi connectivity index (χ0v) is 11.6. The summed E-state index contributed by atoms with van der Waals surface area (Å²) in [5, 5.41) is 20.3. The molecular formula is C14H18N2O4. The number of nitro benzene ring substituents is 1. The smallest absolute Gasteiger partial charge is 0.326 e. The maximum Gasteiger partial charge on any atom is 0.326 e. The number of hydrogen-bond donors (Lipinski definition) is 1. The second kappa shape index (κ2) is 5.48. The van der Waals surface area contributed by atoms with Crippen molar-refractivity contribution in [1.82, 2.24) is 0 Å². The normalized spacial score (nSPS) is 22.6. The fourth-order valence-corrected chi connectivity index (χ4v) is 2.66. The Morgan fingerprint density at radius 2 is 2.20 bits per heavy atom. The first kappa shape index (κ1) is 14.3. The van der Waals surface area contributed by atoms with Crippen molar-refractivity contribution in [1.29, 1.82) is 0 Å². The fourth-order valence-electron chi connectivity index (χ4n) is 2.66. The molecule has 1 aliphatic rings. The molecule has 1 saturated heterocycles. The molecule has 0 aliphatic carbocycles. The van der Waals surface area contributed by atoms with Crippen molar-refractivity contribution in [3.63, 3.8) is 0 Å². The highest BCUT2D eigenvalue weighted by Gasteiger charge is 2.32. The molecule has 6 nitrogen and oxygen atoms in total. The molecule has 0 saturated carbocycles. The van der Waals surface area contributed by atoms with Crippen LogP contribution in [0.5, 0.6) is 0 Å². The molecule has 20 heavy (non-hydrogen) atoms. The number of nitro groups is 1. The molecular weight excluding hydrogens is 260 g/mol. The van der Waals surface area contributed by atoms with Crippen LogP contribution >= 0.6 is 0 Å². The van der Waals surface area contributed by atoms with E-state index < -0.39 is 16.9 Å². The summed E-state index contributed by atoms with van der Waals surface area (Å²) < 4.78 is 0. The Morgan fingerprint density at radius 3 is 2.80 bits per heavy atom. The predicted octanol–water partition coefficient (Wildman–Crippen LogP) is 2.59. The summed E-state index contributed by atoms with van der Waals surface area (Å²) in [6.07, 6.45) is 1.46. The van der Waals surface area contributed by atoms with Crippen molar-refractivity contribution in [2.75, 3.05) is 11.4 Å². The lowest BCUT2D eigenvalue weighted by Crippen LogP contribution is -2.47. The molecule has 0 bridgehead atoms. The van der Waals surface area contributed by atoms with Crippen LogP contribution in [0, 0.1) is 23.0 Å². The molecule has 1 fully saturated rings. The van der Waals surface area contributed by atoms with E-state index >= 15 is 0 Å². The topological polar surface area (TPSA) is 83.7 Å². The van der Waals surface area contributed by atoms with Gasteiger partial charge < -0.3 is 10.0 Å². The number of carboxylic acid groups (broad SMARTS) is 1. The summed E-state index contributed by atoms with van der Waals surface area (Å²) in [6, 6.07) is 4.29. The molecule has 2 atom stereocenters. The van der Waals surface area contributed by atoms with Crippen LogP contribution in [0.1, 0.15) is 25.3 Å². The SMILES string of the molecule is Cc1ccc(N2CCC(C)CC2C(=O)O)cc1[N+](=O)[O-]. The van der Waals surface area contributed by atoms with Gasteiger partial charge in [0.15, 0.2) is 0 Å². The largest absolute Gasteiger partial charge is 0.480 e. The number of nitrogens with zero attached hydrogens (tertiary/aromatic N) is 2. The van der Waals surface area contributed by atoms with Gasteiger partial charge in [0, 0.05) is 23.9 Å². The minimum absolute atomic E-state index is 0.0326. The van der Waals surface area contributed by atoms with Crippen LogP contribution in [0.3, 0.4) is 0 Å². The molecule has 0 amide bonds. The molecule has 0 spiro atoms. The van der Waals surface area contributed by atoms with Crippen LogP contribution in [0.15, 0.2) is 18.2 Å². The van der Waals surface area contributed by atoms with Crippen LogP contribution in [0.25, 0.3) is 0 Å². The van der Waals surface area contributed by atoms with Crippen LogP contribution in [0.4, 0.5) is 11.4 Å². The van der Waals surface area contributed by atoms with Gasteiger partial charge in [-0.25, -0.2) is 4.79 Å². The number of hydrogen-bond acceptors (Lipinski definition) is 4.